The molecule has 0 radical (unpaired) electrons. The van der Waals surface area contributed by atoms with Crippen LogP contribution >= 0.6 is 0 Å². The lowest BCUT2D eigenvalue weighted by atomic mass is 10.1. The summed E-state index contributed by atoms with van der Waals surface area (Å²) in [4.78, 5) is 0. The first-order valence-corrected chi connectivity index (χ1v) is 6.84. The molecular weight excluding hydrogens is 264 g/mol. The Kier molecular flexibility index (Phi) is 3.36. The van der Waals surface area contributed by atoms with Crippen molar-refractivity contribution in [3.05, 3.63) is 60.3 Å². The normalized spacial score (nSPS) is 10.7. The lowest BCUT2D eigenvalue weighted by Gasteiger charge is -2.01. The molecule has 0 amide bonds. The highest BCUT2D eigenvalue weighted by molar-refractivity contribution is 5.64. The molecule has 0 spiro atoms. The lowest BCUT2D eigenvalue weighted by Crippen LogP contribution is -1.94. The number of aromatic hydroxyl groups is 2. The van der Waals surface area contributed by atoms with Crippen molar-refractivity contribution in [3.8, 4) is 28.4 Å². The number of aryl methyl sites for hydroxylation is 1. The molecule has 4 nitrogen and oxygen atoms in total. The number of phenols is 2. The molecule has 1 aromatic heterocycles. The standard InChI is InChI=1S/C17H16N2O2/c1-2-12-11-19(14-5-9-16(21)10-6-14)18-17(12)13-3-7-15(20)8-4-13/h3-11,20-21H,2H2,1H3. The van der Waals surface area contributed by atoms with E-state index in [0.717, 1.165) is 28.9 Å². The molecule has 3 aromatic rings. The summed E-state index contributed by atoms with van der Waals surface area (Å²) in [6.07, 6.45) is 2.86. The van der Waals surface area contributed by atoms with E-state index in [4.69, 9.17) is 0 Å². The molecule has 0 saturated carbocycles. The van der Waals surface area contributed by atoms with Gasteiger partial charge in [-0.2, -0.15) is 5.10 Å². The molecular formula is C17H16N2O2. The highest BCUT2D eigenvalue weighted by atomic mass is 16.3. The summed E-state index contributed by atoms with van der Waals surface area (Å²) in [6, 6.07) is 14.0. The third-order valence-corrected chi connectivity index (χ3v) is 3.43. The molecule has 0 aliphatic heterocycles. The third-order valence-electron chi connectivity index (χ3n) is 3.43. The monoisotopic (exact) mass is 280 g/mol. The zero-order valence-electron chi connectivity index (χ0n) is 11.7. The number of nitrogens with zero attached hydrogens (tertiary/aromatic N) is 2. The molecule has 21 heavy (non-hydrogen) atoms. The van der Waals surface area contributed by atoms with Crippen molar-refractivity contribution in [2.75, 3.05) is 0 Å². The Balaban J connectivity index is 2.05. The van der Waals surface area contributed by atoms with Gasteiger partial charge in [0.25, 0.3) is 0 Å². The fraction of sp³-hybridized carbons (Fsp3) is 0.118. The number of rotatable bonds is 3. The molecule has 0 aliphatic rings. The Morgan fingerprint density at radius 1 is 0.905 bits per heavy atom. The minimum atomic E-state index is 0.236. The number of hydrogen-bond acceptors (Lipinski definition) is 3. The van der Waals surface area contributed by atoms with Crippen LogP contribution in [0.2, 0.25) is 0 Å². The van der Waals surface area contributed by atoms with E-state index in [1.165, 1.54) is 0 Å². The fourth-order valence-corrected chi connectivity index (χ4v) is 2.27. The van der Waals surface area contributed by atoms with Gasteiger partial charge in [0, 0.05) is 11.8 Å². The van der Waals surface area contributed by atoms with Gasteiger partial charge in [-0.25, -0.2) is 4.68 Å². The van der Waals surface area contributed by atoms with Gasteiger partial charge in [-0.1, -0.05) is 6.92 Å². The summed E-state index contributed by atoms with van der Waals surface area (Å²) in [5, 5.41) is 23.4. The van der Waals surface area contributed by atoms with Gasteiger partial charge in [0.15, 0.2) is 0 Å². The van der Waals surface area contributed by atoms with E-state index in [9.17, 15) is 10.2 Å². The van der Waals surface area contributed by atoms with Crippen LogP contribution in [0.1, 0.15) is 12.5 Å². The molecule has 0 unspecified atom stereocenters. The largest absolute Gasteiger partial charge is 0.508 e. The van der Waals surface area contributed by atoms with E-state index in [-0.39, 0.29) is 11.5 Å². The van der Waals surface area contributed by atoms with Gasteiger partial charge in [-0.15, -0.1) is 0 Å². The van der Waals surface area contributed by atoms with Crippen molar-refractivity contribution in [1.82, 2.24) is 9.78 Å². The van der Waals surface area contributed by atoms with Crippen LogP contribution in [0.25, 0.3) is 16.9 Å². The van der Waals surface area contributed by atoms with Crippen LogP contribution < -0.4 is 0 Å². The highest BCUT2D eigenvalue weighted by Gasteiger charge is 2.11. The molecule has 3 rings (SSSR count). The summed E-state index contributed by atoms with van der Waals surface area (Å²) in [5.74, 6) is 0.482. The topological polar surface area (TPSA) is 58.3 Å². The van der Waals surface area contributed by atoms with Crippen LogP contribution in [0.4, 0.5) is 0 Å². The summed E-state index contributed by atoms with van der Waals surface area (Å²) in [5.41, 5.74) is 3.91. The zero-order valence-corrected chi connectivity index (χ0v) is 11.7. The Labute approximate surface area is 122 Å². The molecule has 0 atom stereocenters. The Hall–Kier alpha value is -2.75. The molecule has 2 aromatic carbocycles. The number of benzene rings is 2. The molecule has 0 fully saturated rings. The summed E-state index contributed by atoms with van der Waals surface area (Å²) in [6.45, 7) is 2.09. The molecule has 1 heterocycles. The average Bonchev–Trinajstić information content (AvgIpc) is 2.93. The van der Waals surface area contributed by atoms with Gasteiger partial charge >= 0.3 is 0 Å². The summed E-state index contributed by atoms with van der Waals surface area (Å²) in [7, 11) is 0. The van der Waals surface area contributed by atoms with Gasteiger partial charge in [-0.05, 0) is 60.5 Å². The van der Waals surface area contributed by atoms with Crippen LogP contribution in [0, 0.1) is 0 Å². The summed E-state index contributed by atoms with van der Waals surface area (Å²) >= 11 is 0. The number of phenolic OH excluding ortho intramolecular Hbond substituents is 2. The van der Waals surface area contributed by atoms with Crippen LogP contribution in [-0.2, 0) is 6.42 Å². The van der Waals surface area contributed by atoms with Gasteiger partial charge < -0.3 is 10.2 Å². The van der Waals surface area contributed by atoms with E-state index >= 15 is 0 Å². The van der Waals surface area contributed by atoms with E-state index in [0.29, 0.717) is 0 Å². The lowest BCUT2D eigenvalue weighted by molar-refractivity contribution is 0.475. The SMILES string of the molecule is CCc1cn(-c2ccc(O)cc2)nc1-c1ccc(O)cc1. The molecule has 0 aliphatic carbocycles. The molecule has 0 bridgehead atoms. The van der Waals surface area contributed by atoms with E-state index in [2.05, 4.69) is 12.0 Å². The van der Waals surface area contributed by atoms with E-state index in [1.54, 1.807) is 28.9 Å². The molecule has 0 saturated heterocycles. The minimum Gasteiger partial charge on any atom is -0.508 e. The first-order valence-electron chi connectivity index (χ1n) is 6.84. The first-order chi connectivity index (χ1) is 10.2. The van der Waals surface area contributed by atoms with Crippen molar-refractivity contribution >= 4 is 0 Å². The second-order valence-corrected chi connectivity index (χ2v) is 4.86. The van der Waals surface area contributed by atoms with Crippen LogP contribution in [-0.4, -0.2) is 20.0 Å². The van der Waals surface area contributed by atoms with Gasteiger partial charge in [0.2, 0.25) is 0 Å². The van der Waals surface area contributed by atoms with Crippen molar-refractivity contribution in [2.45, 2.75) is 13.3 Å². The van der Waals surface area contributed by atoms with E-state index < -0.39 is 0 Å². The molecule has 2 N–H and O–H groups in total. The first kappa shape index (κ1) is 13.2. The van der Waals surface area contributed by atoms with Crippen molar-refractivity contribution in [2.24, 2.45) is 0 Å². The van der Waals surface area contributed by atoms with Gasteiger partial charge in [-0.3, -0.25) is 0 Å². The predicted molar refractivity (Wildman–Crippen MR) is 81.7 cm³/mol. The average molecular weight is 280 g/mol. The number of hydrogen-bond donors (Lipinski definition) is 2. The second kappa shape index (κ2) is 5.32. The van der Waals surface area contributed by atoms with E-state index in [1.807, 2.05) is 30.5 Å². The van der Waals surface area contributed by atoms with Crippen molar-refractivity contribution in [3.63, 3.8) is 0 Å². The highest BCUT2D eigenvalue weighted by Crippen LogP contribution is 2.26. The van der Waals surface area contributed by atoms with Crippen LogP contribution in [0.15, 0.2) is 54.7 Å². The molecule has 106 valence electrons. The zero-order chi connectivity index (χ0) is 14.8. The maximum atomic E-state index is 9.39. The molecule has 4 heteroatoms. The van der Waals surface area contributed by atoms with Gasteiger partial charge in [0.1, 0.15) is 11.5 Å². The maximum absolute atomic E-state index is 9.39. The van der Waals surface area contributed by atoms with Gasteiger partial charge in [0.05, 0.1) is 11.4 Å². The third kappa shape index (κ3) is 2.60. The van der Waals surface area contributed by atoms with Crippen LogP contribution in [0.5, 0.6) is 11.5 Å². The predicted octanol–water partition coefficient (Wildman–Crippen LogP) is 3.51. The Morgan fingerprint density at radius 2 is 1.48 bits per heavy atom. The number of aromatic nitrogens is 2. The fourth-order valence-electron chi connectivity index (χ4n) is 2.27. The summed E-state index contributed by atoms with van der Waals surface area (Å²) < 4.78 is 1.81. The maximum Gasteiger partial charge on any atom is 0.115 e. The smallest absolute Gasteiger partial charge is 0.115 e. The quantitative estimate of drug-likeness (QED) is 0.771. The van der Waals surface area contributed by atoms with Crippen molar-refractivity contribution in [1.29, 1.82) is 0 Å². The van der Waals surface area contributed by atoms with Crippen LogP contribution in [0.3, 0.4) is 0 Å². The van der Waals surface area contributed by atoms with Crippen molar-refractivity contribution < 1.29 is 10.2 Å². The Morgan fingerprint density at radius 3 is 2.05 bits per heavy atom. The minimum absolute atomic E-state index is 0.236. The Bertz CT molecular complexity index is 743. The second-order valence-electron chi connectivity index (χ2n) is 4.86.